The first-order valence-electron chi connectivity index (χ1n) is 11.1. The van der Waals surface area contributed by atoms with E-state index in [1.807, 2.05) is 0 Å². The third-order valence-corrected chi connectivity index (χ3v) is 5.99. The molecule has 2 fully saturated rings. The van der Waals surface area contributed by atoms with Crippen LogP contribution in [0.15, 0.2) is 24.3 Å². The average molecular weight is 420 g/mol. The Hall–Kier alpha value is -1.99. The second-order valence-electron chi connectivity index (χ2n) is 8.77. The van der Waals surface area contributed by atoms with E-state index in [4.69, 9.17) is 4.74 Å². The fraction of sp³-hybridized carbons (Fsp3) is 0.652. The quantitative estimate of drug-likeness (QED) is 0.738. The Morgan fingerprint density at radius 2 is 1.87 bits per heavy atom. The highest BCUT2D eigenvalue weighted by Crippen LogP contribution is 2.20. The lowest BCUT2D eigenvalue weighted by molar-refractivity contribution is -0.126. The van der Waals surface area contributed by atoms with Crippen molar-refractivity contribution in [2.75, 3.05) is 45.9 Å². The molecule has 2 unspecified atom stereocenters. The maximum absolute atomic E-state index is 13.1. The number of nitrogens with zero attached hydrogens (tertiary/aromatic N) is 2. The maximum Gasteiger partial charge on any atom is 0.253 e. The number of likely N-dealkylation sites (tertiary alicyclic amines) is 1. The van der Waals surface area contributed by atoms with Crippen molar-refractivity contribution in [3.05, 3.63) is 35.6 Å². The smallest absolute Gasteiger partial charge is 0.253 e. The van der Waals surface area contributed by atoms with Crippen molar-refractivity contribution >= 4 is 11.8 Å². The molecular formula is C23H34FN3O3. The summed E-state index contributed by atoms with van der Waals surface area (Å²) >= 11 is 0. The molecule has 1 aromatic rings. The van der Waals surface area contributed by atoms with Crippen molar-refractivity contribution in [2.24, 2.45) is 11.8 Å². The third-order valence-electron chi connectivity index (χ3n) is 5.99. The molecule has 30 heavy (non-hydrogen) atoms. The molecule has 2 aliphatic rings. The van der Waals surface area contributed by atoms with Gasteiger partial charge in [0.25, 0.3) is 5.91 Å². The van der Waals surface area contributed by atoms with Gasteiger partial charge in [0.1, 0.15) is 5.82 Å². The van der Waals surface area contributed by atoms with Crippen molar-refractivity contribution in [1.82, 2.24) is 15.1 Å². The van der Waals surface area contributed by atoms with E-state index in [2.05, 4.69) is 24.1 Å². The molecule has 166 valence electrons. The number of carbonyl (C=O) groups excluding carboxylic acids is 2. The number of halogens is 1. The van der Waals surface area contributed by atoms with E-state index < -0.39 is 0 Å². The Balaban J connectivity index is 1.54. The minimum atomic E-state index is -0.362. The van der Waals surface area contributed by atoms with Crippen LogP contribution in [0, 0.1) is 17.7 Å². The van der Waals surface area contributed by atoms with E-state index in [0.717, 1.165) is 45.6 Å². The van der Waals surface area contributed by atoms with E-state index in [0.29, 0.717) is 37.2 Å². The van der Waals surface area contributed by atoms with Crippen molar-refractivity contribution in [1.29, 1.82) is 0 Å². The van der Waals surface area contributed by atoms with Crippen LogP contribution in [0.5, 0.6) is 0 Å². The number of hydrogen-bond acceptors (Lipinski definition) is 4. The second-order valence-corrected chi connectivity index (χ2v) is 8.77. The van der Waals surface area contributed by atoms with Gasteiger partial charge >= 0.3 is 0 Å². The summed E-state index contributed by atoms with van der Waals surface area (Å²) in [7, 11) is 0. The molecule has 2 amide bonds. The highest BCUT2D eigenvalue weighted by Gasteiger charge is 2.30. The van der Waals surface area contributed by atoms with Gasteiger partial charge in [0.05, 0.1) is 19.1 Å². The van der Waals surface area contributed by atoms with Crippen LogP contribution in [0.25, 0.3) is 0 Å². The van der Waals surface area contributed by atoms with Crippen LogP contribution < -0.4 is 5.32 Å². The summed E-state index contributed by atoms with van der Waals surface area (Å²) in [5.41, 5.74) is 0.460. The standard InChI is InChI=1S/C23H34FN3O3/c1-17(2)14-21(26-10-12-30-13-11-26)15-25-22(28)19-4-3-9-27(16-19)23(29)18-5-7-20(24)8-6-18/h5-8,17,19,21H,3-4,9-16H2,1-2H3,(H,25,28). The van der Waals surface area contributed by atoms with Crippen LogP contribution in [0.1, 0.15) is 43.5 Å². The fourth-order valence-corrected chi connectivity index (χ4v) is 4.36. The molecule has 1 N–H and O–H groups in total. The van der Waals surface area contributed by atoms with Crippen LogP contribution >= 0.6 is 0 Å². The zero-order chi connectivity index (χ0) is 21.5. The van der Waals surface area contributed by atoms with Crippen molar-refractivity contribution in [3.63, 3.8) is 0 Å². The van der Waals surface area contributed by atoms with E-state index in [-0.39, 0.29) is 23.5 Å². The molecule has 1 aromatic carbocycles. The van der Waals surface area contributed by atoms with E-state index in [1.165, 1.54) is 24.3 Å². The number of amides is 2. The number of rotatable bonds is 7. The lowest BCUT2D eigenvalue weighted by Gasteiger charge is -2.36. The van der Waals surface area contributed by atoms with Crippen LogP contribution in [0.4, 0.5) is 4.39 Å². The van der Waals surface area contributed by atoms with Gasteiger partial charge in [0.2, 0.25) is 5.91 Å². The molecule has 0 aliphatic carbocycles. The van der Waals surface area contributed by atoms with E-state index in [9.17, 15) is 14.0 Å². The maximum atomic E-state index is 13.1. The molecule has 7 heteroatoms. The predicted octanol–water partition coefficient (Wildman–Crippen LogP) is 2.54. The van der Waals surface area contributed by atoms with Crippen molar-refractivity contribution in [3.8, 4) is 0 Å². The SMILES string of the molecule is CC(C)CC(CNC(=O)C1CCCN(C(=O)c2ccc(F)cc2)C1)N1CCOCC1. The third kappa shape index (κ3) is 6.25. The minimum absolute atomic E-state index is 0.0219. The van der Waals surface area contributed by atoms with Crippen LogP contribution in [-0.2, 0) is 9.53 Å². The Morgan fingerprint density at radius 3 is 2.53 bits per heavy atom. The van der Waals surface area contributed by atoms with Gasteiger partial charge in [0, 0.05) is 44.3 Å². The summed E-state index contributed by atoms with van der Waals surface area (Å²) < 4.78 is 18.6. The van der Waals surface area contributed by atoms with Gasteiger partial charge in [-0.25, -0.2) is 4.39 Å². The molecule has 2 heterocycles. The molecule has 0 saturated carbocycles. The van der Waals surface area contributed by atoms with Crippen LogP contribution in [0.2, 0.25) is 0 Å². The summed E-state index contributed by atoms with van der Waals surface area (Å²) in [6.07, 6.45) is 2.61. The molecule has 2 aliphatic heterocycles. The molecule has 3 rings (SSSR count). The number of benzene rings is 1. The summed E-state index contributed by atoms with van der Waals surface area (Å²) in [6, 6.07) is 5.89. The Bertz CT molecular complexity index is 704. The molecule has 0 aromatic heterocycles. The Kier molecular flexibility index (Phi) is 8.22. The van der Waals surface area contributed by atoms with Gasteiger partial charge in [-0.1, -0.05) is 13.8 Å². The van der Waals surface area contributed by atoms with Gasteiger partial charge in [-0.15, -0.1) is 0 Å². The predicted molar refractivity (Wildman–Crippen MR) is 114 cm³/mol. The molecule has 0 radical (unpaired) electrons. The number of ether oxygens (including phenoxy) is 1. The van der Waals surface area contributed by atoms with Crippen LogP contribution in [0.3, 0.4) is 0 Å². The first-order valence-corrected chi connectivity index (χ1v) is 11.1. The summed E-state index contributed by atoms with van der Waals surface area (Å²) in [6.45, 7) is 9.35. The number of carbonyl (C=O) groups is 2. The normalized spacial score (nSPS) is 21.5. The average Bonchev–Trinajstić information content (AvgIpc) is 2.77. The highest BCUT2D eigenvalue weighted by molar-refractivity contribution is 5.94. The van der Waals surface area contributed by atoms with E-state index >= 15 is 0 Å². The molecule has 0 spiro atoms. The highest BCUT2D eigenvalue weighted by atomic mass is 19.1. The van der Waals surface area contributed by atoms with Crippen molar-refractivity contribution < 1.29 is 18.7 Å². The monoisotopic (exact) mass is 419 g/mol. The largest absolute Gasteiger partial charge is 0.379 e. The summed E-state index contributed by atoms with van der Waals surface area (Å²) in [5.74, 6) is -0.133. The second kappa shape index (κ2) is 10.9. The Morgan fingerprint density at radius 1 is 1.17 bits per heavy atom. The van der Waals surface area contributed by atoms with Gasteiger partial charge in [0.15, 0.2) is 0 Å². The molecule has 2 atom stereocenters. The van der Waals surface area contributed by atoms with Gasteiger partial charge in [-0.05, 0) is 49.4 Å². The number of piperidine rings is 1. The van der Waals surface area contributed by atoms with Gasteiger partial charge in [-0.2, -0.15) is 0 Å². The van der Waals surface area contributed by atoms with Crippen LogP contribution in [-0.4, -0.2) is 73.6 Å². The fourth-order valence-electron chi connectivity index (χ4n) is 4.36. The topological polar surface area (TPSA) is 61.9 Å². The number of nitrogens with one attached hydrogen (secondary N) is 1. The van der Waals surface area contributed by atoms with Crippen molar-refractivity contribution in [2.45, 2.75) is 39.2 Å². The Labute approximate surface area is 178 Å². The molecular weight excluding hydrogens is 385 g/mol. The lowest BCUT2D eigenvalue weighted by atomic mass is 9.96. The number of hydrogen-bond donors (Lipinski definition) is 1. The van der Waals surface area contributed by atoms with E-state index in [1.54, 1.807) is 4.90 Å². The zero-order valence-electron chi connectivity index (χ0n) is 18.1. The first-order chi connectivity index (χ1) is 14.4. The minimum Gasteiger partial charge on any atom is -0.379 e. The number of morpholine rings is 1. The summed E-state index contributed by atoms with van der Waals surface area (Å²) in [4.78, 5) is 29.7. The first kappa shape index (κ1) is 22.7. The molecule has 2 saturated heterocycles. The lowest BCUT2D eigenvalue weighted by Crippen LogP contribution is -2.51. The molecule has 6 nitrogen and oxygen atoms in total. The molecule has 0 bridgehead atoms. The zero-order valence-corrected chi connectivity index (χ0v) is 18.1. The van der Waals surface area contributed by atoms with Gasteiger partial charge in [-0.3, -0.25) is 14.5 Å². The van der Waals surface area contributed by atoms with Gasteiger partial charge < -0.3 is 15.0 Å². The summed E-state index contributed by atoms with van der Waals surface area (Å²) in [5, 5.41) is 3.15.